The second-order valence-corrected chi connectivity index (χ2v) is 11.4. The Bertz CT molecular complexity index is 1270. The van der Waals surface area contributed by atoms with E-state index in [1.165, 1.54) is 0 Å². The van der Waals surface area contributed by atoms with E-state index in [0.717, 1.165) is 47.5 Å². The molecule has 1 saturated heterocycles. The summed E-state index contributed by atoms with van der Waals surface area (Å²) in [5.74, 6) is 0.732. The number of benzene rings is 3. The molecule has 0 spiro atoms. The van der Waals surface area contributed by atoms with Crippen molar-refractivity contribution in [1.29, 1.82) is 0 Å². The van der Waals surface area contributed by atoms with E-state index in [1.54, 1.807) is 11.8 Å². The summed E-state index contributed by atoms with van der Waals surface area (Å²) in [5.41, 5.74) is 4.45. The Morgan fingerprint density at radius 1 is 0.956 bits per heavy atom. The van der Waals surface area contributed by atoms with Gasteiger partial charge >= 0.3 is 5.97 Å². The van der Waals surface area contributed by atoms with Crippen molar-refractivity contribution in [3.8, 4) is 16.9 Å². The molecule has 248 valence electrons. The number of carboxylic acids is 1. The van der Waals surface area contributed by atoms with Gasteiger partial charge in [0.15, 0.2) is 0 Å². The van der Waals surface area contributed by atoms with Crippen LogP contribution in [0, 0.1) is 12.8 Å². The fourth-order valence-electron chi connectivity index (χ4n) is 5.26. The summed E-state index contributed by atoms with van der Waals surface area (Å²) in [6.45, 7) is 18.7. The lowest BCUT2D eigenvalue weighted by molar-refractivity contribution is -0.139. The van der Waals surface area contributed by atoms with Gasteiger partial charge in [0.1, 0.15) is 18.4 Å². The first-order valence-corrected chi connectivity index (χ1v) is 17.9. The molecule has 0 saturated carbocycles. The molecule has 6 nitrogen and oxygen atoms in total. The summed E-state index contributed by atoms with van der Waals surface area (Å²) in [6, 6.07) is 23.2. The Labute approximate surface area is 277 Å². The molecular formula is C38H56N2O4S. The second kappa shape index (κ2) is 22.3. The molecule has 1 amide bonds. The number of thioether (sulfide) groups is 1. The number of aliphatic carboxylic acids is 1. The van der Waals surface area contributed by atoms with Crippen LogP contribution in [0.2, 0.25) is 0 Å². The van der Waals surface area contributed by atoms with Crippen molar-refractivity contribution in [2.75, 3.05) is 25.2 Å². The van der Waals surface area contributed by atoms with Gasteiger partial charge in [-0.05, 0) is 84.2 Å². The summed E-state index contributed by atoms with van der Waals surface area (Å²) >= 11 is 1.56. The van der Waals surface area contributed by atoms with Gasteiger partial charge in [0, 0.05) is 24.7 Å². The highest BCUT2D eigenvalue weighted by molar-refractivity contribution is 7.98. The molecule has 3 aromatic carbocycles. The molecule has 0 aromatic heterocycles. The summed E-state index contributed by atoms with van der Waals surface area (Å²) in [7, 11) is 0. The quantitative estimate of drug-likeness (QED) is 0.207. The van der Waals surface area contributed by atoms with E-state index in [1.807, 2.05) is 121 Å². The first-order chi connectivity index (χ1) is 21.9. The summed E-state index contributed by atoms with van der Waals surface area (Å²) in [6.07, 6.45) is 3.37. The zero-order chi connectivity index (χ0) is 33.8. The standard InChI is InChI=1S/C32H38N2O4S.3C2H6/c1-22-17-25(21-38-26-10-5-4-6-11-26)34(19-22)20-24-13-14-28(29(18-24)27-12-8-7-9-23(27)2)31(35)33-30(32(36)37)15-16-39-3;3*1-2/h4-14,18,22,25,30H,15-17,19-21H2,1-3H3,(H,33,35)(H,36,37);3*1-2H3. The lowest BCUT2D eigenvalue weighted by Crippen LogP contribution is -2.41. The van der Waals surface area contributed by atoms with E-state index < -0.39 is 12.0 Å². The van der Waals surface area contributed by atoms with Crippen molar-refractivity contribution in [3.05, 3.63) is 89.5 Å². The lowest BCUT2D eigenvalue weighted by atomic mass is 9.93. The fourth-order valence-corrected chi connectivity index (χ4v) is 5.73. The van der Waals surface area contributed by atoms with Crippen LogP contribution >= 0.6 is 11.8 Å². The topological polar surface area (TPSA) is 78.9 Å². The van der Waals surface area contributed by atoms with E-state index >= 15 is 0 Å². The minimum absolute atomic E-state index is 0.304. The first kappa shape index (κ1) is 39.7. The maximum Gasteiger partial charge on any atom is 0.326 e. The maximum atomic E-state index is 13.4. The maximum absolute atomic E-state index is 13.4. The molecule has 1 aliphatic heterocycles. The Morgan fingerprint density at radius 3 is 2.22 bits per heavy atom. The number of rotatable bonds is 12. The number of hydrogen-bond donors (Lipinski definition) is 2. The zero-order valence-electron chi connectivity index (χ0n) is 28.9. The van der Waals surface area contributed by atoms with Crippen LogP contribution in [0.15, 0.2) is 72.8 Å². The van der Waals surface area contributed by atoms with Gasteiger partial charge in [-0.25, -0.2) is 4.79 Å². The van der Waals surface area contributed by atoms with Crippen LogP contribution in [0.5, 0.6) is 5.75 Å². The number of ether oxygens (including phenoxy) is 1. The third-order valence-electron chi connectivity index (χ3n) is 7.29. The van der Waals surface area contributed by atoms with E-state index in [0.29, 0.717) is 36.3 Å². The molecule has 0 radical (unpaired) electrons. The van der Waals surface area contributed by atoms with Gasteiger partial charge in [-0.15, -0.1) is 0 Å². The molecule has 1 heterocycles. The van der Waals surface area contributed by atoms with Crippen LogP contribution in [0.1, 0.15) is 82.8 Å². The number of likely N-dealkylation sites (tertiary alicyclic amines) is 1. The SMILES string of the molecule is CC.CC.CC.CSCCC(NC(=O)c1ccc(CN2CC(C)CC2COc2ccccc2)cc1-c1ccccc1C)C(=O)O. The summed E-state index contributed by atoms with van der Waals surface area (Å²) in [4.78, 5) is 27.6. The van der Waals surface area contributed by atoms with Crippen molar-refractivity contribution < 1.29 is 19.4 Å². The van der Waals surface area contributed by atoms with Gasteiger partial charge < -0.3 is 15.2 Å². The minimum Gasteiger partial charge on any atom is -0.492 e. The molecule has 4 rings (SSSR count). The highest BCUT2D eigenvalue weighted by atomic mass is 32.2. The van der Waals surface area contributed by atoms with E-state index in [4.69, 9.17) is 4.74 Å². The van der Waals surface area contributed by atoms with Crippen molar-refractivity contribution >= 4 is 23.6 Å². The number of aryl methyl sites for hydroxylation is 1. The molecule has 3 atom stereocenters. The molecule has 7 heteroatoms. The Morgan fingerprint density at radius 2 is 1.60 bits per heavy atom. The normalized spacial score (nSPS) is 16.0. The van der Waals surface area contributed by atoms with Crippen LogP contribution < -0.4 is 10.1 Å². The van der Waals surface area contributed by atoms with Gasteiger partial charge in [0.25, 0.3) is 5.91 Å². The number of nitrogens with one attached hydrogen (secondary N) is 1. The number of nitrogens with zero attached hydrogens (tertiary/aromatic N) is 1. The number of amides is 1. The minimum atomic E-state index is -1.02. The third kappa shape index (κ3) is 12.6. The number of carbonyl (C=O) groups excluding carboxylic acids is 1. The molecule has 0 aliphatic carbocycles. The number of para-hydroxylation sites is 1. The monoisotopic (exact) mass is 636 g/mol. The van der Waals surface area contributed by atoms with Gasteiger partial charge in [-0.3, -0.25) is 9.69 Å². The molecule has 3 aromatic rings. The molecule has 1 aliphatic rings. The average Bonchev–Trinajstić information content (AvgIpc) is 3.43. The Hall–Kier alpha value is -3.29. The van der Waals surface area contributed by atoms with Crippen LogP contribution in [-0.4, -0.2) is 59.1 Å². The van der Waals surface area contributed by atoms with Crippen molar-refractivity contribution in [3.63, 3.8) is 0 Å². The van der Waals surface area contributed by atoms with Crippen molar-refractivity contribution in [2.24, 2.45) is 5.92 Å². The summed E-state index contributed by atoms with van der Waals surface area (Å²) in [5, 5.41) is 12.4. The number of hydrogen-bond acceptors (Lipinski definition) is 5. The van der Waals surface area contributed by atoms with E-state index in [9.17, 15) is 14.7 Å². The lowest BCUT2D eigenvalue weighted by Gasteiger charge is -2.25. The number of carbonyl (C=O) groups is 2. The fraction of sp³-hybridized carbons (Fsp3) is 0.474. The van der Waals surface area contributed by atoms with Gasteiger partial charge in [-0.2, -0.15) is 11.8 Å². The van der Waals surface area contributed by atoms with Crippen LogP contribution in [0.25, 0.3) is 11.1 Å². The van der Waals surface area contributed by atoms with Gasteiger partial charge in [0.05, 0.1) is 0 Å². The molecular weight excluding hydrogens is 580 g/mol. The average molecular weight is 637 g/mol. The van der Waals surface area contributed by atoms with Gasteiger partial charge in [-0.1, -0.05) is 97.0 Å². The van der Waals surface area contributed by atoms with Gasteiger partial charge in [0.2, 0.25) is 0 Å². The van der Waals surface area contributed by atoms with Crippen LogP contribution in [0.3, 0.4) is 0 Å². The van der Waals surface area contributed by atoms with E-state index in [-0.39, 0.29) is 5.91 Å². The third-order valence-corrected chi connectivity index (χ3v) is 7.93. The zero-order valence-corrected chi connectivity index (χ0v) is 29.7. The highest BCUT2D eigenvalue weighted by Crippen LogP contribution is 2.31. The van der Waals surface area contributed by atoms with Crippen LogP contribution in [-0.2, 0) is 11.3 Å². The van der Waals surface area contributed by atoms with E-state index in [2.05, 4.69) is 23.2 Å². The smallest absolute Gasteiger partial charge is 0.326 e. The predicted molar refractivity (Wildman–Crippen MR) is 192 cm³/mol. The highest BCUT2D eigenvalue weighted by Gasteiger charge is 2.30. The van der Waals surface area contributed by atoms with Crippen LogP contribution in [0.4, 0.5) is 0 Å². The second-order valence-electron chi connectivity index (χ2n) is 10.4. The molecule has 45 heavy (non-hydrogen) atoms. The summed E-state index contributed by atoms with van der Waals surface area (Å²) < 4.78 is 6.11. The molecule has 1 fully saturated rings. The molecule has 3 unspecified atom stereocenters. The Balaban J connectivity index is 0.00000159. The molecule has 0 bridgehead atoms. The van der Waals surface area contributed by atoms with Crippen molar-refractivity contribution in [1.82, 2.24) is 10.2 Å². The Kier molecular flexibility index (Phi) is 19.6. The largest absolute Gasteiger partial charge is 0.492 e. The van der Waals surface area contributed by atoms with Crippen molar-refractivity contribution in [2.45, 2.75) is 86.9 Å². The molecule has 2 N–H and O–H groups in total. The number of carboxylic acid groups (broad SMARTS) is 1. The predicted octanol–water partition coefficient (Wildman–Crippen LogP) is 8.97. The first-order valence-electron chi connectivity index (χ1n) is 16.5.